The Morgan fingerprint density at radius 2 is 1.92 bits per heavy atom. The Labute approximate surface area is 144 Å². The molecule has 2 N–H and O–H groups in total. The van der Waals surface area contributed by atoms with Gasteiger partial charge in [0.05, 0.1) is 11.6 Å². The number of hydrogen-bond acceptors (Lipinski definition) is 4. The van der Waals surface area contributed by atoms with Crippen LogP contribution in [0, 0.1) is 5.92 Å². The molecule has 1 amide bonds. The number of thiophene rings is 1. The van der Waals surface area contributed by atoms with E-state index in [0.717, 1.165) is 29.7 Å². The number of rotatable bonds is 5. The van der Waals surface area contributed by atoms with Gasteiger partial charge in [-0.25, -0.2) is 4.79 Å². The van der Waals surface area contributed by atoms with E-state index in [9.17, 15) is 9.59 Å². The third-order valence-corrected chi connectivity index (χ3v) is 5.17. The van der Waals surface area contributed by atoms with Crippen molar-refractivity contribution in [1.29, 1.82) is 0 Å². The highest BCUT2D eigenvalue weighted by Crippen LogP contribution is 2.30. The van der Waals surface area contributed by atoms with E-state index in [1.807, 2.05) is 30.3 Å². The van der Waals surface area contributed by atoms with E-state index < -0.39 is 5.97 Å². The van der Waals surface area contributed by atoms with Crippen LogP contribution >= 0.6 is 11.3 Å². The van der Waals surface area contributed by atoms with Gasteiger partial charge in [0, 0.05) is 18.6 Å². The molecule has 0 radical (unpaired) electrons. The second kappa shape index (κ2) is 7.59. The van der Waals surface area contributed by atoms with Crippen LogP contribution in [-0.2, 0) is 4.74 Å². The Bertz CT molecular complexity index is 707. The van der Waals surface area contributed by atoms with Crippen molar-refractivity contribution in [3.8, 4) is 0 Å². The van der Waals surface area contributed by atoms with Crippen LogP contribution in [0.2, 0.25) is 0 Å². The fourth-order valence-corrected chi connectivity index (χ4v) is 3.70. The van der Waals surface area contributed by atoms with Crippen molar-refractivity contribution >= 4 is 23.2 Å². The molecule has 1 saturated heterocycles. The molecule has 126 valence electrons. The highest BCUT2D eigenvalue weighted by molar-refractivity contribution is 7.12. The smallest absolute Gasteiger partial charge is 0.345 e. The van der Waals surface area contributed by atoms with E-state index in [0.29, 0.717) is 24.7 Å². The van der Waals surface area contributed by atoms with Gasteiger partial charge in [-0.3, -0.25) is 4.79 Å². The fourth-order valence-electron chi connectivity index (χ4n) is 2.97. The highest BCUT2D eigenvalue weighted by atomic mass is 32.1. The molecule has 1 unspecified atom stereocenters. The molecule has 1 fully saturated rings. The molecule has 0 aliphatic carbocycles. The molecule has 1 aliphatic heterocycles. The maximum Gasteiger partial charge on any atom is 0.345 e. The minimum atomic E-state index is -1.01. The van der Waals surface area contributed by atoms with Gasteiger partial charge in [-0.15, -0.1) is 11.3 Å². The van der Waals surface area contributed by atoms with Gasteiger partial charge in [0.1, 0.15) is 4.88 Å². The van der Waals surface area contributed by atoms with E-state index in [1.165, 1.54) is 6.07 Å². The molecule has 5 nitrogen and oxygen atoms in total. The second-order valence-electron chi connectivity index (χ2n) is 5.82. The van der Waals surface area contributed by atoms with Crippen LogP contribution in [0.15, 0.2) is 41.8 Å². The Balaban J connectivity index is 1.80. The summed E-state index contributed by atoms with van der Waals surface area (Å²) in [7, 11) is 0. The number of carboxylic acids is 1. The average Bonchev–Trinajstić information content (AvgIpc) is 3.11. The fraction of sp³-hybridized carbons (Fsp3) is 0.333. The first-order chi connectivity index (χ1) is 11.6. The first-order valence-electron chi connectivity index (χ1n) is 7.90. The van der Waals surface area contributed by atoms with Crippen LogP contribution < -0.4 is 5.32 Å². The van der Waals surface area contributed by atoms with Crippen LogP contribution in [0.25, 0.3) is 0 Å². The van der Waals surface area contributed by atoms with Crippen LogP contribution in [0.5, 0.6) is 0 Å². The van der Waals surface area contributed by atoms with Gasteiger partial charge in [-0.1, -0.05) is 30.3 Å². The lowest BCUT2D eigenvalue weighted by Crippen LogP contribution is -2.35. The number of aromatic carboxylic acids is 1. The predicted molar refractivity (Wildman–Crippen MR) is 91.5 cm³/mol. The molecule has 2 heterocycles. The number of carboxylic acid groups (broad SMARTS) is 1. The van der Waals surface area contributed by atoms with E-state index in [4.69, 9.17) is 9.84 Å². The molecule has 3 rings (SSSR count). The largest absolute Gasteiger partial charge is 0.477 e. The van der Waals surface area contributed by atoms with Crippen molar-refractivity contribution in [3.05, 3.63) is 57.8 Å². The Morgan fingerprint density at radius 3 is 2.54 bits per heavy atom. The molecule has 1 aromatic carbocycles. The molecule has 1 aliphatic rings. The number of benzene rings is 1. The number of carbonyl (C=O) groups excluding carboxylic acids is 1. The zero-order valence-corrected chi connectivity index (χ0v) is 13.9. The topological polar surface area (TPSA) is 75.6 Å². The molecule has 0 bridgehead atoms. The first-order valence-corrected chi connectivity index (χ1v) is 8.78. The quantitative estimate of drug-likeness (QED) is 0.871. The summed E-state index contributed by atoms with van der Waals surface area (Å²) in [5.41, 5.74) is 1.46. The third kappa shape index (κ3) is 3.83. The number of nitrogens with one attached hydrogen (secondary N) is 1. The van der Waals surface area contributed by atoms with Crippen LogP contribution in [0.1, 0.15) is 44.5 Å². The Hall–Kier alpha value is -2.18. The Morgan fingerprint density at radius 1 is 1.21 bits per heavy atom. The van der Waals surface area contributed by atoms with Gasteiger partial charge in [0.15, 0.2) is 0 Å². The van der Waals surface area contributed by atoms with Gasteiger partial charge < -0.3 is 15.2 Å². The predicted octanol–water partition coefficient (Wildman–Crippen LogP) is 3.34. The zero-order chi connectivity index (χ0) is 16.9. The second-order valence-corrected chi connectivity index (χ2v) is 6.73. The van der Waals surface area contributed by atoms with Gasteiger partial charge in [-0.2, -0.15) is 0 Å². The number of hydrogen-bond donors (Lipinski definition) is 2. The van der Waals surface area contributed by atoms with Gasteiger partial charge in [0.2, 0.25) is 0 Å². The SMILES string of the molecule is O=C(NC(c1ccccc1)C1CCOCC1)c1csc(C(=O)O)c1. The van der Waals surface area contributed by atoms with Crippen molar-refractivity contribution < 1.29 is 19.4 Å². The average molecular weight is 345 g/mol. The zero-order valence-electron chi connectivity index (χ0n) is 13.1. The third-order valence-electron chi connectivity index (χ3n) is 4.26. The van der Waals surface area contributed by atoms with Crippen molar-refractivity contribution in [3.63, 3.8) is 0 Å². The highest BCUT2D eigenvalue weighted by Gasteiger charge is 2.27. The summed E-state index contributed by atoms with van der Waals surface area (Å²) in [6, 6.07) is 11.2. The normalized spacial score (nSPS) is 16.5. The lowest BCUT2D eigenvalue weighted by Gasteiger charge is -2.31. The Kier molecular flexibility index (Phi) is 5.27. The minimum absolute atomic E-state index is 0.101. The number of amides is 1. The van der Waals surface area contributed by atoms with Crippen molar-refractivity contribution in [2.24, 2.45) is 5.92 Å². The summed E-state index contributed by atoms with van der Waals surface area (Å²) in [6.07, 6.45) is 1.79. The molecule has 1 atom stereocenters. The summed E-state index contributed by atoms with van der Waals surface area (Å²) < 4.78 is 5.43. The van der Waals surface area contributed by atoms with Gasteiger partial charge in [0.25, 0.3) is 5.91 Å². The van der Waals surface area contributed by atoms with Gasteiger partial charge in [-0.05, 0) is 30.4 Å². The molecule has 6 heteroatoms. The molecule has 0 spiro atoms. The van der Waals surface area contributed by atoms with E-state index in [-0.39, 0.29) is 16.8 Å². The molecular weight excluding hydrogens is 326 g/mol. The summed E-state index contributed by atoms with van der Waals surface area (Å²) >= 11 is 1.06. The lowest BCUT2D eigenvalue weighted by molar-refractivity contribution is 0.0514. The van der Waals surface area contributed by atoms with Crippen LogP contribution in [0.3, 0.4) is 0 Å². The first kappa shape index (κ1) is 16.7. The van der Waals surface area contributed by atoms with Crippen LogP contribution in [-0.4, -0.2) is 30.2 Å². The number of ether oxygens (including phenoxy) is 1. The summed E-state index contributed by atoms with van der Waals surface area (Å²) in [4.78, 5) is 23.7. The van der Waals surface area contributed by atoms with E-state index >= 15 is 0 Å². The summed E-state index contributed by atoms with van der Waals surface area (Å²) in [5, 5.41) is 13.7. The van der Waals surface area contributed by atoms with Crippen molar-refractivity contribution in [1.82, 2.24) is 5.32 Å². The van der Waals surface area contributed by atoms with Crippen molar-refractivity contribution in [2.75, 3.05) is 13.2 Å². The molecule has 2 aromatic rings. The minimum Gasteiger partial charge on any atom is -0.477 e. The number of carbonyl (C=O) groups is 2. The van der Waals surface area contributed by atoms with Gasteiger partial charge >= 0.3 is 5.97 Å². The van der Waals surface area contributed by atoms with Crippen molar-refractivity contribution in [2.45, 2.75) is 18.9 Å². The monoisotopic (exact) mass is 345 g/mol. The molecule has 1 aromatic heterocycles. The van der Waals surface area contributed by atoms with E-state index in [2.05, 4.69) is 5.32 Å². The standard InChI is InChI=1S/C18H19NO4S/c20-17(14-10-15(18(21)22)24-11-14)19-16(12-4-2-1-3-5-12)13-6-8-23-9-7-13/h1-5,10-11,13,16H,6-9H2,(H,19,20)(H,21,22). The van der Waals surface area contributed by atoms with Crippen LogP contribution in [0.4, 0.5) is 0 Å². The maximum atomic E-state index is 12.6. The molecular formula is C18H19NO4S. The summed E-state index contributed by atoms with van der Waals surface area (Å²) in [5.74, 6) is -0.940. The summed E-state index contributed by atoms with van der Waals surface area (Å²) in [6.45, 7) is 1.40. The maximum absolute atomic E-state index is 12.6. The van der Waals surface area contributed by atoms with E-state index in [1.54, 1.807) is 5.38 Å². The molecule has 0 saturated carbocycles. The molecule has 24 heavy (non-hydrogen) atoms. The lowest BCUT2D eigenvalue weighted by atomic mass is 9.87.